The van der Waals surface area contributed by atoms with E-state index >= 15 is 0 Å². The van der Waals surface area contributed by atoms with Crippen molar-refractivity contribution in [1.29, 1.82) is 0 Å². The fourth-order valence-corrected chi connectivity index (χ4v) is 2.03. The molecular weight excluding hydrogens is 295 g/mol. The van der Waals surface area contributed by atoms with Gasteiger partial charge in [-0.1, -0.05) is 6.07 Å². The normalized spacial score (nSPS) is 10.7. The molecule has 0 radical (unpaired) electrons. The van der Waals surface area contributed by atoms with Crippen LogP contribution >= 0.6 is 0 Å². The number of aromatic amines is 1. The van der Waals surface area contributed by atoms with Crippen molar-refractivity contribution in [2.75, 3.05) is 0 Å². The lowest BCUT2D eigenvalue weighted by Crippen LogP contribution is -2.05. The van der Waals surface area contributed by atoms with Crippen molar-refractivity contribution < 1.29 is 13.2 Å². The van der Waals surface area contributed by atoms with Crippen LogP contribution in [0.2, 0.25) is 0 Å². The van der Waals surface area contributed by atoms with Gasteiger partial charge < -0.3 is 0 Å². The van der Waals surface area contributed by atoms with Gasteiger partial charge in [0.05, 0.1) is 12.4 Å². The van der Waals surface area contributed by atoms with Crippen LogP contribution in [0.3, 0.4) is 0 Å². The molecule has 0 atom stereocenters. The lowest BCUT2D eigenvalue weighted by molar-refractivity contribution is 0.573. The molecule has 0 amide bonds. The van der Waals surface area contributed by atoms with Crippen LogP contribution in [0.1, 0.15) is 0 Å². The Morgan fingerprint density at radius 2 is 1.73 bits per heavy atom. The van der Waals surface area contributed by atoms with Crippen LogP contribution in [-0.2, 0) is 0 Å². The molecule has 7 heteroatoms. The Bertz CT molecular complexity index is 909. The summed E-state index contributed by atoms with van der Waals surface area (Å²) in [6, 6.07) is 5.78. The molecule has 0 unspecified atom stereocenters. The van der Waals surface area contributed by atoms with Crippen molar-refractivity contribution in [1.82, 2.24) is 15.2 Å². The SMILES string of the molecule is O=c1cc(-c2ccc(F)c(-c3ncc(F)cc3F)c2)cn[nH]1. The largest absolute Gasteiger partial charge is 0.268 e. The molecule has 2 heterocycles. The van der Waals surface area contributed by atoms with Gasteiger partial charge in [-0.25, -0.2) is 18.3 Å². The summed E-state index contributed by atoms with van der Waals surface area (Å²) in [4.78, 5) is 14.9. The second-order valence-corrected chi connectivity index (χ2v) is 4.51. The Balaban J connectivity index is 2.17. The van der Waals surface area contributed by atoms with Gasteiger partial charge in [0.1, 0.15) is 17.3 Å². The molecule has 22 heavy (non-hydrogen) atoms. The molecule has 3 rings (SSSR count). The Hall–Kier alpha value is -2.96. The van der Waals surface area contributed by atoms with E-state index in [1.54, 1.807) is 0 Å². The number of nitrogens with one attached hydrogen (secondary N) is 1. The third-order valence-electron chi connectivity index (χ3n) is 3.03. The maximum absolute atomic E-state index is 13.9. The van der Waals surface area contributed by atoms with Crippen LogP contribution in [-0.4, -0.2) is 15.2 Å². The highest BCUT2D eigenvalue weighted by atomic mass is 19.1. The van der Waals surface area contributed by atoms with Gasteiger partial charge >= 0.3 is 0 Å². The lowest BCUT2D eigenvalue weighted by Gasteiger charge is -2.07. The van der Waals surface area contributed by atoms with Crippen LogP contribution in [0.25, 0.3) is 22.4 Å². The van der Waals surface area contributed by atoms with E-state index in [1.807, 2.05) is 0 Å². The van der Waals surface area contributed by atoms with Gasteiger partial charge in [0.25, 0.3) is 5.56 Å². The van der Waals surface area contributed by atoms with Crippen molar-refractivity contribution in [3.05, 3.63) is 70.5 Å². The van der Waals surface area contributed by atoms with Gasteiger partial charge in [-0.05, 0) is 17.7 Å². The summed E-state index contributed by atoms with van der Waals surface area (Å²) in [5, 5.41) is 5.86. The first-order valence-electron chi connectivity index (χ1n) is 6.20. The van der Waals surface area contributed by atoms with Crippen LogP contribution in [0.5, 0.6) is 0 Å². The van der Waals surface area contributed by atoms with Gasteiger partial charge in [-0.15, -0.1) is 0 Å². The molecule has 0 aliphatic heterocycles. The fraction of sp³-hybridized carbons (Fsp3) is 0. The van der Waals surface area contributed by atoms with Crippen molar-refractivity contribution in [2.24, 2.45) is 0 Å². The van der Waals surface area contributed by atoms with Crippen molar-refractivity contribution in [3.8, 4) is 22.4 Å². The van der Waals surface area contributed by atoms with E-state index in [-0.39, 0.29) is 11.3 Å². The summed E-state index contributed by atoms with van der Waals surface area (Å²) < 4.78 is 40.6. The first-order chi connectivity index (χ1) is 10.5. The molecule has 1 aromatic carbocycles. The Kier molecular flexibility index (Phi) is 3.46. The number of H-pyrrole nitrogens is 1. The van der Waals surface area contributed by atoms with E-state index in [1.165, 1.54) is 24.4 Å². The number of rotatable bonds is 2. The summed E-state index contributed by atoms with van der Waals surface area (Å²) in [5.74, 6) is -2.53. The standard InChI is InChI=1S/C15H8F3N3O/c16-10-5-13(18)15(19-7-10)11-3-8(1-2-12(11)17)9-4-14(22)21-20-6-9/h1-7H,(H,21,22). The van der Waals surface area contributed by atoms with E-state index in [0.29, 0.717) is 17.2 Å². The highest BCUT2D eigenvalue weighted by Gasteiger charge is 2.14. The average molecular weight is 303 g/mol. The Morgan fingerprint density at radius 3 is 2.45 bits per heavy atom. The quantitative estimate of drug-likeness (QED) is 0.792. The average Bonchev–Trinajstić information content (AvgIpc) is 2.48. The number of halogens is 3. The van der Waals surface area contributed by atoms with E-state index < -0.39 is 23.0 Å². The predicted octanol–water partition coefficient (Wildman–Crippen LogP) is 2.92. The van der Waals surface area contributed by atoms with Crippen LogP contribution in [0.4, 0.5) is 13.2 Å². The van der Waals surface area contributed by atoms with E-state index in [2.05, 4.69) is 15.2 Å². The molecule has 0 aliphatic carbocycles. The summed E-state index contributed by atoms with van der Waals surface area (Å²) >= 11 is 0. The number of pyridine rings is 1. The monoisotopic (exact) mass is 303 g/mol. The van der Waals surface area contributed by atoms with Gasteiger partial charge in [-0.2, -0.15) is 5.10 Å². The third kappa shape index (κ3) is 2.60. The zero-order valence-corrected chi connectivity index (χ0v) is 11.0. The molecule has 0 saturated carbocycles. The third-order valence-corrected chi connectivity index (χ3v) is 3.03. The Labute approximate surface area is 122 Å². The summed E-state index contributed by atoms with van der Waals surface area (Å²) in [7, 11) is 0. The molecule has 1 N–H and O–H groups in total. The molecule has 0 fully saturated rings. The van der Waals surface area contributed by atoms with Crippen LogP contribution < -0.4 is 5.56 Å². The van der Waals surface area contributed by atoms with E-state index in [0.717, 1.165) is 12.3 Å². The fourth-order valence-electron chi connectivity index (χ4n) is 2.03. The second-order valence-electron chi connectivity index (χ2n) is 4.51. The minimum Gasteiger partial charge on any atom is -0.268 e. The minimum absolute atomic E-state index is 0.129. The lowest BCUT2D eigenvalue weighted by atomic mass is 10.0. The smallest absolute Gasteiger partial charge is 0.264 e. The van der Waals surface area contributed by atoms with Crippen LogP contribution in [0.15, 0.2) is 47.5 Å². The maximum Gasteiger partial charge on any atom is 0.264 e. The predicted molar refractivity (Wildman–Crippen MR) is 73.4 cm³/mol. The molecule has 110 valence electrons. The van der Waals surface area contributed by atoms with Crippen molar-refractivity contribution >= 4 is 0 Å². The van der Waals surface area contributed by atoms with Gasteiger partial charge in [-0.3, -0.25) is 9.78 Å². The van der Waals surface area contributed by atoms with Crippen LogP contribution in [0, 0.1) is 17.5 Å². The molecular formula is C15H8F3N3O. The number of aromatic nitrogens is 3. The molecule has 4 nitrogen and oxygen atoms in total. The topological polar surface area (TPSA) is 58.6 Å². The van der Waals surface area contributed by atoms with Gasteiger partial charge in [0.2, 0.25) is 0 Å². The zero-order valence-electron chi connectivity index (χ0n) is 11.0. The molecule has 2 aromatic heterocycles. The maximum atomic E-state index is 13.9. The summed E-state index contributed by atoms with van der Waals surface area (Å²) in [6.07, 6.45) is 2.19. The number of hydrogen-bond donors (Lipinski definition) is 1. The van der Waals surface area contributed by atoms with E-state index in [4.69, 9.17) is 0 Å². The number of nitrogens with zero attached hydrogens (tertiary/aromatic N) is 2. The molecule has 0 aliphatic rings. The zero-order chi connectivity index (χ0) is 15.7. The molecule has 3 aromatic rings. The van der Waals surface area contributed by atoms with Gasteiger partial charge in [0, 0.05) is 23.3 Å². The van der Waals surface area contributed by atoms with Crippen molar-refractivity contribution in [2.45, 2.75) is 0 Å². The number of hydrogen-bond acceptors (Lipinski definition) is 3. The highest BCUT2D eigenvalue weighted by molar-refractivity contribution is 5.71. The molecule has 0 bridgehead atoms. The molecule has 0 spiro atoms. The first-order valence-corrected chi connectivity index (χ1v) is 6.20. The van der Waals surface area contributed by atoms with E-state index in [9.17, 15) is 18.0 Å². The first kappa shape index (κ1) is 14.0. The van der Waals surface area contributed by atoms with Gasteiger partial charge in [0.15, 0.2) is 5.82 Å². The number of benzene rings is 1. The second kappa shape index (κ2) is 5.44. The summed E-state index contributed by atoms with van der Waals surface area (Å²) in [5.41, 5.74) is 0.0383. The minimum atomic E-state index is -0.972. The Morgan fingerprint density at radius 1 is 0.909 bits per heavy atom. The summed E-state index contributed by atoms with van der Waals surface area (Å²) in [6.45, 7) is 0. The van der Waals surface area contributed by atoms with Crippen molar-refractivity contribution in [3.63, 3.8) is 0 Å². The highest BCUT2D eigenvalue weighted by Crippen LogP contribution is 2.28. The molecule has 0 saturated heterocycles.